The molecule has 2 aliphatic rings. The maximum atomic E-state index is 13.3. The standard InChI is InChI=1S/C17H21FN2O2/c18-12-5-3-4-11(8-12)14-10-15(14)17(22)20-7-2-1-6-13(20)9-16(19)21/h3-5,8,13-15H,1-2,6-7,9-10H2,(H2,19,21)/t13-,14+,15-/m0/s1. The molecular weight excluding hydrogens is 283 g/mol. The minimum absolute atomic E-state index is 0.0625. The van der Waals surface area contributed by atoms with Crippen LogP contribution in [0.5, 0.6) is 0 Å². The summed E-state index contributed by atoms with van der Waals surface area (Å²) in [5, 5.41) is 0. The van der Waals surface area contributed by atoms with Gasteiger partial charge in [0.25, 0.3) is 0 Å². The average Bonchev–Trinajstić information content (AvgIpc) is 3.27. The third-order valence-electron chi connectivity index (χ3n) is 4.73. The number of carbonyl (C=O) groups excluding carboxylic acids is 2. The second kappa shape index (κ2) is 6.07. The largest absolute Gasteiger partial charge is 0.370 e. The first-order valence-electron chi connectivity index (χ1n) is 7.90. The quantitative estimate of drug-likeness (QED) is 0.926. The zero-order valence-electron chi connectivity index (χ0n) is 12.5. The Hall–Kier alpha value is -1.91. The van der Waals surface area contributed by atoms with E-state index >= 15 is 0 Å². The lowest BCUT2D eigenvalue weighted by Crippen LogP contribution is -2.46. The van der Waals surface area contributed by atoms with Gasteiger partial charge in [0.05, 0.1) is 0 Å². The summed E-state index contributed by atoms with van der Waals surface area (Å²) in [6, 6.07) is 6.41. The number of amides is 2. The maximum absolute atomic E-state index is 13.3. The maximum Gasteiger partial charge on any atom is 0.226 e. The number of hydrogen-bond acceptors (Lipinski definition) is 2. The third kappa shape index (κ3) is 3.13. The summed E-state index contributed by atoms with van der Waals surface area (Å²) in [4.78, 5) is 25.7. The molecule has 1 aromatic rings. The fourth-order valence-electron chi connectivity index (χ4n) is 3.52. The van der Waals surface area contributed by atoms with Gasteiger partial charge in [-0.3, -0.25) is 9.59 Å². The van der Waals surface area contributed by atoms with Gasteiger partial charge in [-0.2, -0.15) is 0 Å². The fraction of sp³-hybridized carbons (Fsp3) is 0.529. The molecule has 1 aromatic carbocycles. The molecule has 118 valence electrons. The number of nitrogens with zero attached hydrogens (tertiary/aromatic N) is 1. The van der Waals surface area contributed by atoms with Crippen molar-refractivity contribution >= 4 is 11.8 Å². The van der Waals surface area contributed by atoms with Crippen molar-refractivity contribution in [1.82, 2.24) is 4.90 Å². The van der Waals surface area contributed by atoms with Crippen molar-refractivity contribution in [3.05, 3.63) is 35.6 Å². The van der Waals surface area contributed by atoms with Crippen LogP contribution in [-0.4, -0.2) is 29.3 Å². The van der Waals surface area contributed by atoms with Crippen molar-refractivity contribution in [3.8, 4) is 0 Å². The molecule has 2 amide bonds. The number of benzene rings is 1. The van der Waals surface area contributed by atoms with E-state index in [9.17, 15) is 14.0 Å². The van der Waals surface area contributed by atoms with Crippen molar-refractivity contribution in [2.75, 3.05) is 6.54 Å². The molecule has 0 radical (unpaired) electrons. The van der Waals surface area contributed by atoms with Crippen LogP contribution in [0.4, 0.5) is 4.39 Å². The molecule has 3 atom stereocenters. The summed E-state index contributed by atoms with van der Waals surface area (Å²) in [6.45, 7) is 0.698. The number of hydrogen-bond donors (Lipinski definition) is 1. The summed E-state index contributed by atoms with van der Waals surface area (Å²) in [5.74, 6) is -0.489. The Morgan fingerprint density at radius 3 is 2.86 bits per heavy atom. The number of nitrogens with two attached hydrogens (primary N) is 1. The molecule has 22 heavy (non-hydrogen) atoms. The Labute approximate surface area is 129 Å². The van der Waals surface area contributed by atoms with E-state index in [-0.39, 0.29) is 41.9 Å². The Kier molecular flexibility index (Phi) is 4.14. The Bertz CT molecular complexity index is 590. The molecular formula is C17H21FN2O2. The van der Waals surface area contributed by atoms with Gasteiger partial charge in [-0.25, -0.2) is 4.39 Å². The molecule has 2 N–H and O–H groups in total. The lowest BCUT2D eigenvalue weighted by molar-refractivity contribution is -0.137. The zero-order chi connectivity index (χ0) is 15.7. The normalized spacial score (nSPS) is 27.5. The number of likely N-dealkylation sites (tertiary alicyclic amines) is 1. The van der Waals surface area contributed by atoms with Gasteiger partial charge >= 0.3 is 0 Å². The molecule has 0 bridgehead atoms. The molecule has 2 fully saturated rings. The van der Waals surface area contributed by atoms with Crippen LogP contribution in [0.15, 0.2) is 24.3 Å². The zero-order valence-corrected chi connectivity index (χ0v) is 12.5. The van der Waals surface area contributed by atoms with Crippen LogP contribution in [-0.2, 0) is 9.59 Å². The third-order valence-corrected chi connectivity index (χ3v) is 4.73. The van der Waals surface area contributed by atoms with E-state index in [0.717, 1.165) is 31.2 Å². The predicted octanol–water partition coefficient (Wildman–Crippen LogP) is 2.19. The van der Waals surface area contributed by atoms with Crippen LogP contribution in [0.1, 0.15) is 43.6 Å². The molecule has 1 heterocycles. The van der Waals surface area contributed by atoms with Gasteiger partial charge in [0.15, 0.2) is 0 Å². The van der Waals surface area contributed by atoms with Gasteiger partial charge in [0.2, 0.25) is 11.8 Å². The van der Waals surface area contributed by atoms with Gasteiger partial charge in [-0.1, -0.05) is 12.1 Å². The van der Waals surface area contributed by atoms with E-state index in [1.165, 1.54) is 12.1 Å². The summed E-state index contributed by atoms with van der Waals surface area (Å²) >= 11 is 0. The minimum atomic E-state index is -0.359. The van der Waals surface area contributed by atoms with Crippen LogP contribution in [0.25, 0.3) is 0 Å². The number of primary amides is 1. The van der Waals surface area contributed by atoms with Crippen molar-refractivity contribution in [3.63, 3.8) is 0 Å². The Balaban J connectivity index is 1.67. The molecule has 4 nitrogen and oxygen atoms in total. The summed E-state index contributed by atoms with van der Waals surface area (Å²) in [7, 11) is 0. The summed E-state index contributed by atoms with van der Waals surface area (Å²) in [6.07, 6.45) is 3.84. The van der Waals surface area contributed by atoms with Gasteiger partial charge in [0, 0.05) is 24.9 Å². The van der Waals surface area contributed by atoms with Crippen molar-refractivity contribution < 1.29 is 14.0 Å². The average molecular weight is 304 g/mol. The van der Waals surface area contributed by atoms with E-state index in [1.807, 2.05) is 11.0 Å². The molecule has 1 saturated heterocycles. The van der Waals surface area contributed by atoms with Crippen LogP contribution < -0.4 is 5.73 Å². The number of piperidine rings is 1. The SMILES string of the molecule is NC(=O)C[C@@H]1CCCCN1C(=O)[C@H]1C[C@@H]1c1cccc(F)c1. The molecule has 1 aliphatic carbocycles. The summed E-state index contributed by atoms with van der Waals surface area (Å²) in [5.41, 5.74) is 6.18. The highest BCUT2D eigenvalue weighted by Gasteiger charge is 2.47. The van der Waals surface area contributed by atoms with E-state index in [1.54, 1.807) is 6.07 Å². The number of rotatable bonds is 4. The molecule has 0 spiro atoms. The van der Waals surface area contributed by atoms with Crippen molar-refractivity contribution in [2.24, 2.45) is 11.7 Å². The predicted molar refractivity (Wildman–Crippen MR) is 80.4 cm³/mol. The van der Waals surface area contributed by atoms with E-state index in [2.05, 4.69) is 0 Å². The molecule has 0 unspecified atom stereocenters. The van der Waals surface area contributed by atoms with Gasteiger partial charge in [0.1, 0.15) is 5.82 Å². The van der Waals surface area contributed by atoms with E-state index in [0.29, 0.717) is 6.54 Å². The van der Waals surface area contributed by atoms with Crippen molar-refractivity contribution in [2.45, 2.75) is 44.1 Å². The van der Waals surface area contributed by atoms with E-state index in [4.69, 9.17) is 5.73 Å². The topological polar surface area (TPSA) is 63.4 Å². The Morgan fingerprint density at radius 1 is 1.32 bits per heavy atom. The van der Waals surface area contributed by atoms with Gasteiger partial charge < -0.3 is 10.6 Å². The highest BCUT2D eigenvalue weighted by Crippen LogP contribution is 2.49. The second-order valence-corrected chi connectivity index (χ2v) is 6.36. The highest BCUT2D eigenvalue weighted by molar-refractivity contribution is 5.84. The van der Waals surface area contributed by atoms with Crippen LogP contribution in [0, 0.1) is 11.7 Å². The molecule has 0 aromatic heterocycles. The lowest BCUT2D eigenvalue weighted by atomic mass is 9.98. The first-order valence-corrected chi connectivity index (χ1v) is 7.90. The van der Waals surface area contributed by atoms with Crippen LogP contribution >= 0.6 is 0 Å². The monoisotopic (exact) mass is 304 g/mol. The van der Waals surface area contributed by atoms with Gasteiger partial charge in [-0.15, -0.1) is 0 Å². The Morgan fingerprint density at radius 2 is 2.14 bits per heavy atom. The molecule has 3 rings (SSSR count). The fourth-order valence-corrected chi connectivity index (χ4v) is 3.52. The first-order chi connectivity index (χ1) is 10.6. The van der Waals surface area contributed by atoms with Crippen LogP contribution in [0.3, 0.4) is 0 Å². The molecule has 1 aliphatic heterocycles. The highest BCUT2D eigenvalue weighted by atomic mass is 19.1. The smallest absolute Gasteiger partial charge is 0.226 e. The molecule has 5 heteroatoms. The van der Waals surface area contributed by atoms with Crippen molar-refractivity contribution in [1.29, 1.82) is 0 Å². The summed E-state index contributed by atoms with van der Waals surface area (Å²) < 4.78 is 13.3. The first kappa shape index (κ1) is 15.0. The van der Waals surface area contributed by atoms with Gasteiger partial charge in [-0.05, 0) is 49.3 Å². The lowest BCUT2D eigenvalue weighted by Gasteiger charge is -2.35. The van der Waals surface area contributed by atoms with Crippen LogP contribution in [0.2, 0.25) is 0 Å². The number of halogens is 1. The minimum Gasteiger partial charge on any atom is -0.370 e. The molecule has 1 saturated carbocycles. The second-order valence-electron chi connectivity index (χ2n) is 6.36. The van der Waals surface area contributed by atoms with E-state index < -0.39 is 0 Å². The number of carbonyl (C=O) groups is 2.